The van der Waals surface area contributed by atoms with Gasteiger partial charge in [0.1, 0.15) is 11.6 Å². The van der Waals surface area contributed by atoms with Crippen molar-refractivity contribution in [1.82, 2.24) is 19.6 Å². The third-order valence-corrected chi connectivity index (χ3v) is 6.01. The Labute approximate surface area is 187 Å². The number of rotatable bonds is 4. The lowest BCUT2D eigenvalue weighted by Gasteiger charge is -2.37. The summed E-state index contributed by atoms with van der Waals surface area (Å²) < 4.78 is 15.4. The van der Waals surface area contributed by atoms with Gasteiger partial charge in [-0.15, -0.1) is 5.10 Å². The zero-order chi connectivity index (χ0) is 22.2. The number of halogens is 1. The van der Waals surface area contributed by atoms with Gasteiger partial charge in [-0.2, -0.15) is 9.50 Å². The summed E-state index contributed by atoms with van der Waals surface area (Å²) in [6.45, 7) is 9.97. The number of anilines is 2. The van der Waals surface area contributed by atoms with Gasteiger partial charge < -0.3 is 9.80 Å². The first kappa shape index (κ1) is 20.4. The smallest absolute Gasteiger partial charge is 0.254 e. The van der Waals surface area contributed by atoms with Crippen LogP contribution in [0.15, 0.2) is 48.5 Å². The van der Waals surface area contributed by atoms with Crippen LogP contribution in [0.3, 0.4) is 0 Å². The first-order valence-corrected chi connectivity index (χ1v) is 11.0. The van der Waals surface area contributed by atoms with Gasteiger partial charge in [0.15, 0.2) is 5.82 Å². The summed E-state index contributed by atoms with van der Waals surface area (Å²) in [6, 6.07) is 15.3. The zero-order valence-electron chi connectivity index (χ0n) is 18.7. The fourth-order valence-corrected chi connectivity index (χ4v) is 4.48. The van der Waals surface area contributed by atoms with Crippen molar-refractivity contribution in [2.45, 2.75) is 27.2 Å². The van der Waals surface area contributed by atoms with Crippen molar-refractivity contribution in [1.29, 1.82) is 0 Å². The van der Waals surface area contributed by atoms with Crippen LogP contribution in [0.4, 0.5) is 15.9 Å². The molecule has 0 amide bonds. The molecule has 32 heavy (non-hydrogen) atoms. The Bertz CT molecular complexity index is 1270. The van der Waals surface area contributed by atoms with Crippen LogP contribution in [0, 0.1) is 26.6 Å². The molecule has 1 aliphatic rings. The average molecular weight is 431 g/mol. The quantitative estimate of drug-likeness (QED) is 0.488. The maximum Gasteiger partial charge on any atom is 0.254 e. The molecule has 4 aromatic rings. The van der Waals surface area contributed by atoms with E-state index >= 15 is 0 Å². The summed E-state index contributed by atoms with van der Waals surface area (Å²) in [5.41, 5.74) is 5.68. The van der Waals surface area contributed by atoms with Gasteiger partial charge in [0.25, 0.3) is 5.78 Å². The molecule has 0 saturated carbocycles. The molecule has 2 aromatic heterocycles. The molecule has 2 aromatic carbocycles. The number of aryl methyl sites for hydroxylation is 3. The van der Waals surface area contributed by atoms with Crippen LogP contribution in [0.1, 0.15) is 28.2 Å². The molecule has 1 aliphatic heterocycles. The average Bonchev–Trinajstić information content (AvgIpc) is 3.15. The van der Waals surface area contributed by atoms with Crippen molar-refractivity contribution < 1.29 is 4.39 Å². The van der Waals surface area contributed by atoms with Crippen LogP contribution in [0.25, 0.3) is 5.78 Å². The molecular weight excluding hydrogens is 403 g/mol. The maximum absolute atomic E-state index is 13.6. The topological polar surface area (TPSA) is 49.6 Å². The molecule has 0 N–H and O–H groups in total. The minimum atomic E-state index is -0.248. The molecule has 0 atom stereocenters. The summed E-state index contributed by atoms with van der Waals surface area (Å²) in [5.74, 6) is 1.99. The summed E-state index contributed by atoms with van der Waals surface area (Å²) in [7, 11) is 0. The minimum absolute atomic E-state index is 0.248. The lowest BCUT2D eigenvalue weighted by molar-refractivity contribution is 0.625. The lowest BCUT2D eigenvalue weighted by atomic mass is 10.1. The molecule has 5 rings (SSSR count). The van der Waals surface area contributed by atoms with Gasteiger partial charge in [0.05, 0.1) is 0 Å². The predicted octanol–water partition coefficient (Wildman–Crippen LogP) is 4.11. The third kappa shape index (κ3) is 4.02. The van der Waals surface area contributed by atoms with Crippen LogP contribution in [-0.4, -0.2) is 45.8 Å². The van der Waals surface area contributed by atoms with Gasteiger partial charge in [-0.1, -0.05) is 29.8 Å². The van der Waals surface area contributed by atoms with Crippen LogP contribution >= 0.6 is 0 Å². The highest BCUT2D eigenvalue weighted by Crippen LogP contribution is 2.25. The maximum atomic E-state index is 13.6. The highest BCUT2D eigenvalue weighted by Gasteiger charge is 2.22. The molecule has 164 valence electrons. The summed E-state index contributed by atoms with van der Waals surface area (Å²) in [6.07, 6.45) is 0.472. The minimum Gasteiger partial charge on any atom is -0.368 e. The van der Waals surface area contributed by atoms with Crippen molar-refractivity contribution in [3.05, 3.63) is 82.6 Å². The second-order valence-corrected chi connectivity index (χ2v) is 8.57. The van der Waals surface area contributed by atoms with Crippen LogP contribution in [0.2, 0.25) is 0 Å². The second-order valence-electron chi connectivity index (χ2n) is 8.57. The molecule has 0 aliphatic carbocycles. The molecule has 0 bridgehead atoms. The van der Waals surface area contributed by atoms with E-state index in [0.717, 1.165) is 43.3 Å². The largest absolute Gasteiger partial charge is 0.368 e. The van der Waals surface area contributed by atoms with Crippen molar-refractivity contribution in [2.24, 2.45) is 0 Å². The molecule has 7 heteroatoms. The van der Waals surface area contributed by atoms with E-state index in [-0.39, 0.29) is 5.82 Å². The standard InChI is InChI=1S/C25H27FN6/c1-17-7-8-22(18(2)13-17)30-9-11-31(12-10-30)24-14-19(3)27-25-28-23(29-32(24)25)16-20-5-4-6-21(26)15-20/h4-8,13-15H,9-12,16H2,1-3H3. The Morgan fingerprint density at radius 2 is 1.66 bits per heavy atom. The van der Waals surface area contributed by atoms with Crippen molar-refractivity contribution in [2.75, 3.05) is 36.0 Å². The third-order valence-electron chi connectivity index (χ3n) is 6.01. The number of piperazine rings is 1. The van der Waals surface area contributed by atoms with Crippen LogP contribution < -0.4 is 9.80 Å². The molecule has 0 spiro atoms. The SMILES string of the molecule is Cc1ccc(N2CCN(c3cc(C)nc4nc(Cc5cccc(F)c5)nn34)CC2)c(C)c1. The number of benzene rings is 2. The summed E-state index contributed by atoms with van der Waals surface area (Å²) >= 11 is 0. The fourth-order valence-electron chi connectivity index (χ4n) is 4.48. The summed E-state index contributed by atoms with van der Waals surface area (Å²) in [5, 5.41) is 4.72. The van der Waals surface area contributed by atoms with E-state index in [1.54, 1.807) is 6.07 Å². The van der Waals surface area contributed by atoms with E-state index in [1.165, 1.54) is 28.9 Å². The van der Waals surface area contributed by atoms with Gasteiger partial charge in [-0.25, -0.2) is 9.37 Å². The van der Waals surface area contributed by atoms with Gasteiger partial charge in [-0.05, 0) is 50.1 Å². The Morgan fingerprint density at radius 1 is 0.875 bits per heavy atom. The molecule has 1 saturated heterocycles. The first-order valence-electron chi connectivity index (χ1n) is 11.0. The molecule has 3 heterocycles. The Kier molecular flexibility index (Phi) is 5.25. The number of aromatic nitrogens is 4. The van der Waals surface area contributed by atoms with E-state index in [0.29, 0.717) is 18.0 Å². The van der Waals surface area contributed by atoms with E-state index in [2.05, 4.69) is 57.9 Å². The molecule has 0 unspecified atom stereocenters. The first-order chi connectivity index (χ1) is 15.5. The van der Waals surface area contributed by atoms with Crippen molar-refractivity contribution in [3.63, 3.8) is 0 Å². The number of hydrogen-bond acceptors (Lipinski definition) is 5. The zero-order valence-corrected chi connectivity index (χ0v) is 18.7. The Balaban J connectivity index is 1.39. The normalized spacial score (nSPS) is 14.4. The lowest BCUT2D eigenvalue weighted by Crippen LogP contribution is -2.47. The summed E-state index contributed by atoms with van der Waals surface area (Å²) in [4.78, 5) is 14.0. The second kappa shape index (κ2) is 8.22. The fraction of sp³-hybridized carbons (Fsp3) is 0.320. The predicted molar refractivity (Wildman–Crippen MR) is 125 cm³/mol. The van der Waals surface area contributed by atoms with Crippen molar-refractivity contribution >= 4 is 17.3 Å². The van der Waals surface area contributed by atoms with Gasteiger partial charge in [0.2, 0.25) is 0 Å². The van der Waals surface area contributed by atoms with Gasteiger partial charge >= 0.3 is 0 Å². The Hall–Kier alpha value is -3.48. The Morgan fingerprint density at radius 3 is 2.41 bits per heavy atom. The molecule has 1 fully saturated rings. The molecule has 6 nitrogen and oxygen atoms in total. The number of hydrogen-bond donors (Lipinski definition) is 0. The highest BCUT2D eigenvalue weighted by molar-refractivity contribution is 5.56. The number of fused-ring (bicyclic) bond motifs is 1. The van der Waals surface area contributed by atoms with Gasteiger partial charge in [0, 0.05) is 50.0 Å². The van der Waals surface area contributed by atoms with E-state index in [4.69, 9.17) is 5.10 Å². The molecule has 0 radical (unpaired) electrons. The van der Waals surface area contributed by atoms with E-state index in [9.17, 15) is 4.39 Å². The van der Waals surface area contributed by atoms with Crippen LogP contribution in [-0.2, 0) is 6.42 Å². The van der Waals surface area contributed by atoms with E-state index in [1.807, 2.05) is 17.5 Å². The van der Waals surface area contributed by atoms with Crippen LogP contribution in [0.5, 0.6) is 0 Å². The number of nitrogens with zero attached hydrogens (tertiary/aromatic N) is 6. The van der Waals surface area contributed by atoms with Crippen molar-refractivity contribution in [3.8, 4) is 0 Å². The van der Waals surface area contributed by atoms with Gasteiger partial charge in [-0.3, -0.25) is 0 Å². The highest BCUT2D eigenvalue weighted by atomic mass is 19.1. The van der Waals surface area contributed by atoms with E-state index < -0.39 is 0 Å². The monoisotopic (exact) mass is 430 g/mol. The molecular formula is C25H27FN6.